The van der Waals surface area contributed by atoms with Gasteiger partial charge in [0.1, 0.15) is 11.6 Å². The number of nitrogens with one attached hydrogen (secondary N) is 1. The van der Waals surface area contributed by atoms with Crippen molar-refractivity contribution in [2.24, 2.45) is 0 Å². The highest BCUT2D eigenvalue weighted by atomic mass is 19.4. The minimum Gasteiger partial charge on any atom is -0.493 e. The Morgan fingerprint density at radius 3 is 2.45 bits per heavy atom. The van der Waals surface area contributed by atoms with Crippen LogP contribution in [-0.4, -0.2) is 17.5 Å². The smallest absolute Gasteiger partial charge is 0.417 e. The molecular weight excluding hydrogens is 297 g/mol. The Labute approximate surface area is 124 Å². The first-order chi connectivity index (χ1) is 10.4. The van der Waals surface area contributed by atoms with Crippen LogP contribution >= 0.6 is 0 Å². The Morgan fingerprint density at radius 2 is 1.86 bits per heavy atom. The van der Waals surface area contributed by atoms with E-state index in [9.17, 15) is 18.0 Å². The predicted octanol–water partition coefficient (Wildman–Crippen LogP) is 3.51. The first-order valence-electron chi connectivity index (χ1n) is 6.46. The fraction of sp³-hybridized carbons (Fsp3) is 0.200. The van der Waals surface area contributed by atoms with Gasteiger partial charge in [-0.25, -0.2) is 4.98 Å². The SMILES string of the molecule is O=C(CCOc1ccccc1)Nc1ccc(C(F)(F)F)cn1. The number of carbonyl (C=O) groups is 1. The lowest BCUT2D eigenvalue weighted by Gasteiger charge is -2.08. The molecule has 0 unspecified atom stereocenters. The number of para-hydroxylation sites is 1. The molecule has 1 N–H and O–H groups in total. The predicted molar refractivity (Wildman–Crippen MR) is 74.4 cm³/mol. The highest BCUT2D eigenvalue weighted by Gasteiger charge is 2.30. The number of ether oxygens (including phenoxy) is 1. The molecule has 0 fully saturated rings. The summed E-state index contributed by atoms with van der Waals surface area (Å²) < 4.78 is 42.4. The zero-order valence-corrected chi connectivity index (χ0v) is 11.4. The number of pyridine rings is 1. The normalized spacial score (nSPS) is 11.0. The van der Waals surface area contributed by atoms with Gasteiger partial charge in [0.15, 0.2) is 0 Å². The van der Waals surface area contributed by atoms with Gasteiger partial charge < -0.3 is 10.1 Å². The largest absolute Gasteiger partial charge is 0.493 e. The Morgan fingerprint density at radius 1 is 1.14 bits per heavy atom. The van der Waals surface area contributed by atoms with Crippen LogP contribution in [0.5, 0.6) is 5.75 Å². The molecule has 0 spiro atoms. The highest BCUT2D eigenvalue weighted by molar-refractivity contribution is 5.89. The van der Waals surface area contributed by atoms with Gasteiger partial charge in [-0.15, -0.1) is 0 Å². The monoisotopic (exact) mass is 310 g/mol. The van der Waals surface area contributed by atoms with Gasteiger partial charge in [-0.2, -0.15) is 13.2 Å². The maximum absolute atomic E-state index is 12.4. The van der Waals surface area contributed by atoms with Crippen LogP contribution in [-0.2, 0) is 11.0 Å². The van der Waals surface area contributed by atoms with E-state index in [2.05, 4.69) is 10.3 Å². The quantitative estimate of drug-likeness (QED) is 0.919. The Balaban J connectivity index is 1.79. The molecule has 1 aromatic carbocycles. The Bertz CT molecular complexity index is 613. The van der Waals surface area contributed by atoms with Crippen molar-refractivity contribution in [3.05, 3.63) is 54.2 Å². The van der Waals surface area contributed by atoms with E-state index in [1.165, 1.54) is 0 Å². The number of alkyl halides is 3. The molecule has 0 saturated carbocycles. The number of hydrogen-bond acceptors (Lipinski definition) is 3. The second-order valence-corrected chi connectivity index (χ2v) is 4.39. The number of halogens is 3. The minimum atomic E-state index is -4.45. The van der Waals surface area contributed by atoms with Crippen molar-refractivity contribution < 1.29 is 22.7 Å². The van der Waals surface area contributed by atoms with Crippen LogP contribution in [0.25, 0.3) is 0 Å². The summed E-state index contributed by atoms with van der Waals surface area (Å²) in [5.41, 5.74) is -0.863. The fourth-order valence-electron chi connectivity index (χ4n) is 1.62. The van der Waals surface area contributed by atoms with Crippen LogP contribution in [0, 0.1) is 0 Å². The molecule has 0 aliphatic carbocycles. The van der Waals surface area contributed by atoms with Gasteiger partial charge in [-0.3, -0.25) is 4.79 Å². The number of aromatic nitrogens is 1. The third kappa shape index (κ3) is 4.76. The van der Waals surface area contributed by atoms with Crippen molar-refractivity contribution in [1.82, 2.24) is 4.98 Å². The Kier molecular flexibility index (Phi) is 4.98. The van der Waals surface area contributed by atoms with E-state index in [4.69, 9.17) is 4.74 Å². The molecule has 0 aliphatic rings. The van der Waals surface area contributed by atoms with E-state index in [-0.39, 0.29) is 24.8 Å². The summed E-state index contributed by atoms with van der Waals surface area (Å²) in [7, 11) is 0. The molecule has 0 radical (unpaired) electrons. The molecular formula is C15H13F3N2O2. The van der Waals surface area contributed by atoms with Gasteiger partial charge in [-0.05, 0) is 24.3 Å². The van der Waals surface area contributed by atoms with Gasteiger partial charge in [0.25, 0.3) is 0 Å². The molecule has 0 bridgehead atoms. The lowest BCUT2D eigenvalue weighted by atomic mass is 10.3. The van der Waals surface area contributed by atoms with Crippen molar-refractivity contribution in [1.29, 1.82) is 0 Å². The van der Waals surface area contributed by atoms with Crippen LogP contribution in [0.3, 0.4) is 0 Å². The van der Waals surface area contributed by atoms with Crippen molar-refractivity contribution in [3.8, 4) is 5.75 Å². The summed E-state index contributed by atoms with van der Waals surface area (Å²) in [5, 5.41) is 2.41. The van der Waals surface area contributed by atoms with Gasteiger partial charge in [0.05, 0.1) is 18.6 Å². The van der Waals surface area contributed by atoms with Crippen LogP contribution in [0.15, 0.2) is 48.7 Å². The van der Waals surface area contributed by atoms with Crippen molar-refractivity contribution in [2.45, 2.75) is 12.6 Å². The number of nitrogens with zero attached hydrogens (tertiary/aromatic N) is 1. The van der Waals surface area contributed by atoms with Gasteiger partial charge >= 0.3 is 6.18 Å². The third-order valence-electron chi connectivity index (χ3n) is 2.70. The molecule has 1 amide bonds. The van der Waals surface area contributed by atoms with E-state index >= 15 is 0 Å². The summed E-state index contributed by atoms with van der Waals surface area (Å²) in [6, 6.07) is 10.9. The van der Waals surface area contributed by atoms with Crippen LogP contribution in [0.4, 0.5) is 19.0 Å². The van der Waals surface area contributed by atoms with Crippen LogP contribution in [0.1, 0.15) is 12.0 Å². The summed E-state index contributed by atoms with van der Waals surface area (Å²) in [6.45, 7) is 0.163. The molecule has 2 rings (SSSR count). The molecule has 0 atom stereocenters. The van der Waals surface area contributed by atoms with Crippen molar-refractivity contribution >= 4 is 11.7 Å². The number of rotatable bonds is 5. The lowest BCUT2D eigenvalue weighted by molar-refractivity contribution is -0.137. The van der Waals surface area contributed by atoms with Crippen LogP contribution in [0.2, 0.25) is 0 Å². The average molecular weight is 310 g/mol. The number of hydrogen-bond donors (Lipinski definition) is 1. The second kappa shape index (κ2) is 6.93. The van der Waals surface area contributed by atoms with E-state index < -0.39 is 11.7 Å². The van der Waals surface area contributed by atoms with Gasteiger partial charge in [-0.1, -0.05) is 18.2 Å². The second-order valence-electron chi connectivity index (χ2n) is 4.39. The molecule has 1 aromatic heterocycles. The summed E-state index contributed by atoms with van der Waals surface area (Å²) in [6.07, 6.45) is -3.70. The molecule has 4 nitrogen and oxygen atoms in total. The zero-order valence-electron chi connectivity index (χ0n) is 11.4. The van der Waals surface area contributed by atoms with E-state index in [0.29, 0.717) is 11.9 Å². The molecule has 0 aliphatic heterocycles. The fourth-order valence-corrected chi connectivity index (χ4v) is 1.62. The first kappa shape index (κ1) is 15.8. The van der Waals surface area contributed by atoms with Crippen molar-refractivity contribution in [3.63, 3.8) is 0 Å². The number of amides is 1. The lowest BCUT2D eigenvalue weighted by Crippen LogP contribution is -2.16. The Hall–Kier alpha value is -2.57. The van der Waals surface area contributed by atoms with E-state index in [0.717, 1.165) is 12.1 Å². The molecule has 22 heavy (non-hydrogen) atoms. The van der Waals surface area contributed by atoms with E-state index in [1.807, 2.05) is 18.2 Å². The number of benzene rings is 1. The van der Waals surface area contributed by atoms with E-state index in [1.54, 1.807) is 12.1 Å². The molecule has 116 valence electrons. The minimum absolute atomic E-state index is 0.0671. The first-order valence-corrected chi connectivity index (χ1v) is 6.46. The van der Waals surface area contributed by atoms with Gasteiger partial charge in [0.2, 0.25) is 5.91 Å². The van der Waals surface area contributed by atoms with Crippen LogP contribution < -0.4 is 10.1 Å². The summed E-state index contributed by atoms with van der Waals surface area (Å²) >= 11 is 0. The maximum atomic E-state index is 12.4. The highest BCUT2D eigenvalue weighted by Crippen LogP contribution is 2.28. The number of anilines is 1. The maximum Gasteiger partial charge on any atom is 0.417 e. The standard InChI is InChI=1S/C15H13F3N2O2/c16-15(17,18)11-6-7-13(19-10-11)20-14(21)8-9-22-12-4-2-1-3-5-12/h1-7,10H,8-9H2,(H,19,20,21). The summed E-state index contributed by atoms with van der Waals surface area (Å²) in [4.78, 5) is 15.2. The van der Waals surface area contributed by atoms with Gasteiger partial charge in [0, 0.05) is 6.20 Å². The average Bonchev–Trinajstić information content (AvgIpc) is 2.48. The molecule has 2 aromatic rings. The third-order valence-corrected chi connectivity index (χ3v) is 2.70. The molecule has 7 heteroatoms. The van der Waals surface area contributed by atoms with Crippen molar-refractivity contribution in [2.75, 3.05) is 11.9 Å². The number of carbonyl (C=O) groups excluding carboxylic acids is 1. The molecule has 0 saturated heterocycles. The topological polar surface area (TPSA) is 51.2 Å². The molecule has 1 heterocycles. The zero-order chi connectivity index (χ0) is 16.0. The summed E-state index contributed by atoms with van der Waals surface area (Å²) in [5.74, 6) is 0.323.